The van der Waals surface area contributed by atoms with Gasteiger partial charge in [-0.1, -0.05) is 48.6 Å². The number of aromatic amines is 1. The number of rotatable bonds is 4. The average Bonchev–Trinajstić information content (AvgIpc) is 3.35. The van der Waals surface area contributed by atoms with Crippen molar-refractivity contribution in [1.82, 2.24) is 25.0 Å². The summed E-state index contributed by atoms with van der Waals surface area (Å²) >= 11 is 0. The van der Waals surface area contributed by atoms with Crippen LogP contribution in [0.2, 0.25) is 0 Å². The quantitative estimate of drug-likeness (QED) is 0.764. The maximum atomic E-state index is 11.5. The van der Waals surface area contributed by atoms with Crippen molar-refractivity contribution in [2.45, 2.75) is 12.0 Å². The van der Waals surface area contributed by atoms with E-state index in [1.165, 1.54) is 0 Å². The molecule has 0 fully saturated rings. The normalized spacial score (nSPS) is 19.6. The fraction of sp³-hybridized carbons (Fsp3) is 0.111. The lowest BCUT2D eigenvalue weighted by atomic mass is 9.83. The van der Waals surface area contributed by atoms with Crippen LogP contribution in [-0.2, 0) is 5.54 Å². The highest BCUT2D eigenvalue weighted by atomic mass is 16.4. The topological polar surface area (TPSA) is 96.7 Å². The third-order valence-corrected chi connectivity index (χ3v) is 4.40. The number of hydrogen-bond donors (Lipinski definition) is 2. The van der Waals surface area contributed by atoms with Gasteiger partial charge in [-0.15, -0.1) is 5.10 Å². The predicted octanol–water partition coefficient (Wildman–Crippen LogP) is 2.49. The summed E-state index contributed by atoms with van der Waals surface area (Å²) in [6.45, 7) is 0. The predicted molar refractivity (Wildman–Crippen MR) is 90.8 cm³/mol. The number of nitrogens with one attached hydrogen (secondary N) is 1. The molecule has 7 nitrogen and oxygen atoms in total. The van der Waals surface area contributed by atoms with E-state index in [4.69, 9.17) is 0 Å². The summed E-state index contributed by atoms with van der Waals surface area (Å²) in [4.78, 5) is 15.6. The highest BCUT2D eigenvalue weighted by molar-refractivity contribution is 5.87. The Hall–Kier alpha value is -3.48. The number of carbonyl (C=O) groups is 1. The van der Waals surface area contributed by atoms with Crippen LogP contribution >= 0.6 is 0 Å². The van der Waals surface area contributed by atoms with E-state index in [9.17, 15) is 9.90 Å². The molecule has 1 unspecified atom stereocenters. The number of allylic oxidation sites excluding steroid dienone is 4. The molecule has 1 aliphatic rings. The Labute approximate surface area is 143 Å². The molecule has 2 heterocycles. The summed E-state index contributed by atoms with van der Waals surface area (Å²) in [5.41, 5.74) is 1.68. The summed E-state index contributed by atoms with van der Waals surface area (Å²) in [5, 5.41) is 19.8. The number of imidazole rings is 1. The Morgan fingerprint density at radius 2 is 2.08 bits per heavy atom. The Kier molecular flexibility index (Phi) is 3.53. The van der Waals surface area contributed by atoms with Gasteiger partial charge in [-0.3, -0.25) is 0 Å². The van der Waals surface area contributed by atoms with E-state index >= 15 is 0 Å². The van der Waals surface area contributed by atoms with Crippen LogP contribution in [0.5, 0.6) is 0 Å². The molecule has 0 saturated heterocycles. The molecule has 2 N–H and O–H groups in total. The first-order chi connectivity index (χ1) is 12.2. The zero-order chi connectivity index (χ0) is 17.3. The van der Waals surface area contributed by atoms with Crippen LogP contribution in [0.25, 0.3) is 5.57 Å². The van der Waals surface area contributed by atoms with E-state index in [1.54, 1.807) is 18.7 Å². The first-order valence-corrected chi connectivity index (χ1v) is 7.78. The van der Waals surface area contributed by atoms with Gasteiger partial charge in [0.25, 0.3) is 0 Å². The molecule has 0 aliphatic heterocycles. The van der Waals surface area contributed by atoms with Crippen LogP contribution in [-0.4, -0.2) is 36.0 Å². The molecule has 0 bridgehead atoms. The Bertz CT molecular complexity index is 957. The smallest absolute Gasteiger partial charge is 0.358 e. The van der Waals surface area contributed by atoms with Gasteiger partial charge in [-0.05, 0) is 17.6 Å². The van der Waals surface area contributed by atoms with E-state index < -0.39 is 11.5 Å². The molecule has 2 aromatic heterocycles. The molecular formula is C18H15N5O2. The van der Waals surface area contributed by atoms with E-state index in [1.807, 2.05) is 47.1 Å². The number of H-pyrrole nitrogens is 1. The van der Waals surface area contributed by atoms with Gasteiger partial charge < -0.3 is 9.67 Å². The average molecular weight is 333 g/mol. The number of nitrogens with zero attached hydrogens (tertiary/aromatic N) is 4. The van der Waals surface area contributed by atoms with Gasteiger partial charge >= 0.3 is 5.97 Å². The molecule has 0 saturated carbocycles. The minimum absolute atomic E-state index is 0.0880. The van der Waals surface area contributed by atoms with E-state index in [0.29, 0.717) is 12.1 Å². The lowest BCUT2D eigenvalue weighted by Gasteiger charge is -2.32. The molecule has 1 atom stereocenters. The molecule has 7 heteroatoms. The first-order valence-electron chi connectivity index (χ1n) is 7.78. The number of aromatic nitrogens is 5. The standard InChI is InChI=1S/C18H15N5O2/c24-17(25)15-16(21-22-20-15)18(23-11-10-19-12-23)8-6-14(7-9-18)13-4-2-1-3-5-13/h1-8,10-12H,9H2,(H,24,25)(H,20,21,22). The fourth-order valence-electron chi connectivity index (χ4n) is 3.14. The van der Waals surface area contributed by atoms with Crippen molar-refractivity contribution in [2.75, 3.05) is 0 Å². The van der Waals surface area contributed by atoms with Crippen LogP contribution < -0.4 is 0 Å². The minimum atomic E-state index is -1.12. The third kappa shape index (κ3) is 2.46. The van der Waals surface area contributed by atoms with Gasteiger partial charge in [-0.25, -0.2) is 9.78 Å². The molecular weight excluding hydrogens is 318 g/mol. The number of carboxylic acid groups (broad SMARTS) is 1. The van der Waals surface area contributed by atoms with Crippen molar-refractivity contribution in [2.24, 2.45) is 0 Å². The fourth-order valence-corrected chi connectivity index (χ4v) is 3.14. The molecule has 0 amide bonds. The summed E-state index contributed by atoms with van der Waals surface area (Å²) in [6.07, 6.45) is 11.7. The summed E-state index contributed by atoms with van der Waals surface area (Å²) in [6, 6.07) is 10.0. The van der Waals surface area contributed by atoms with Crippen LogP contribution in [0, 0.1) is 0 Å². The molecule has 1 aromatic carbocycles. The van der Waals surface area contributed by atoms with Gasteiger partial charge in [0.05, 0.1) is 6.33 Å². The van der Waals surface area contributed by atoms with Gasteiger partial charge in [0, 0.05) is 12.4 Å². The van der Waals surface area contributed by atoms with Crippen molar-refractivity contribution in [1.29, 1.82) is 0 Å². The Morgan fingerprint density at radius 3 is 2.72 bits per heavy atom. The zero-order valence-electron chi connectivity index (χ0n) is 13.2. The maximum absolute atomic E-state index is 11.5. The molecule has 0 spiro atoms. The van der Waals surface area contributed by atoms with E-state index in [0.717, 1.165) is 11.1 Å². The van der Waals surface area contributed by atoms with Crippen LogP contribution in [0.1, 0.15) is 28.2 Å². The molecule has 124 valence electrons. The van der Waals surface area contributed by atoms with Crippen molar-refractivity contribution >= 4 is 11.5 Å². The van der Waals surface area contributed by atoms with Gasteiger partial charge in [-0.2, -0.15) is 10.3 Å². The molecule has 25 heavy (non-hydrogen) atoms. The molecule has 3 aromatic rings. The largest absolute Gasteiger partial charge is 0.476 e. The number of benzene rings is 1. The van der Waals surface area contributed by atoms with Gasteiger partial charge in [0.1, 0.15) is 11.2 Å². The highest BCUT2D eigenvalue weighted by Crippen LogP contribution is 2.37. The van der Waals surface area contributed by atoms with Crippen molar-refractivity contribution < 1.29 is 9.90 Å². The van der Waals surface area contributed by atoms with Crippen molar-refractivity contribution in [3.05, 3.63) is 84.2 Å². The number of hydrogen-bond acceptors (Lipinski definition) is 4. The van der Waals surface area contributed by atoms with Crippen molar-refractivity contribution in [3.8, 4) is 0 Å². The summed E-state index contributed by atoms with van der Waals surface area (Å²) in [7, 11) is 0. The molecule has 1 aliphatic carbocycles. The second-order valence-corrected chi connectivity index (χ2v) is 5.78. The van der Waals surface area contributed by atoms with E-state index in [2.05, 4.69) is 26.5 Å². The monoisotopic (exact) mass is 333 g/mol. The number of aromatic carboxylic acids is 1. The molecule has 0 radical (unpaired) electrons. The second kappa shape index (κ2) is 5.86. The maximum Gasteiger partial charge on any atom is 0.358 e. The van der Waals surface area contributed by atoms with Crippen LogP contribution in [0.3, 0.4) is 0 Å². The van der Waals surface area contributed by atoms with Gasteiger partial charge in [0.2, 0.25) is 0 Å². The SMILES string of the molecule is O=C(O)c1n[nH]nc1C1(n2ccnc2)C=CC(c2ccccc2)=CC1. The second-order valence-electron chi connectivity index (χ2n) is 5.78. The summed E-state index contributed by atoms with van der Waals surface area (Å²) < 4.78 is 1.85. The van der Waals surface area contributed by atoms with Crippen LogP contribution in [0.15, 0.2) is 67.3 Å². The van der Waals surface area contributed by atoms with Crippen LogP contribution in [0.4, 0.5) is 0 Å². The third-order valence-electron chi connectivity index (χ3n) is 4.40. The lowest BCUT2D eigenvalue weighted by Crippen LogP contribution is -2.35. The minimum Gasteiger partial charge on any atom is -0.476 e. The molecule has 4 rings (SSSR count). The Balaban J connectivity index is 1.81. The summed E-state index contributed by atoms with van der Waals surface area (Å²) in [5.74, 6) is -1.12. The lowest BCUT2D eigenvalue weighted by molar-refractivity contribution is 0.0687. The Morgan fingerprint density at radius 1 is 1.24 bits per heavy atom. The van der Waals surface area contributed by atoms with E-state index in [-0.39, 0.29) is 5.69 Å². The number of carboxylic acids is 1. The highest BCUT2D eigenvalue weighted by Gasteiger charge is 2.39. The van der Waals surface area contributed by atoms with Gasteiger partial charge in [0.15, 0.2) is 5.69 Å². The van der Waals surface area contributed by atoms with Crippen molar-refractivity contribution in [3.63, 3.8) is 0 Å². The first kappa shape index (κ1) is 15.1. The zero-order valence-corrected chi connectivity index (χ0v) is 13.2.